The number of methoxy groups -OCH3 is 1. The molecular weight excluding hydrogens is 260 g/mol. The van der Waals surface area contributed by atoms with Crippen molar-refractivity contribution < 1.29 is 24.1 Å². The van der Waals surface area contributed by atoms with E-state index >= 15 is 0 Å². The van der Waals surface area contributed by atoms with Crippen LogP contribution >= 0.6 is 0 Å². The summed E-state index contributed by atoms with van der Waals surface area (Å²) in [6.45, 7) is 5.14. The molecule has 20 heavy (non-hydrogen) atoms. The number of rotatable bonds is 3. The van der Waals surface area contributed by atoms with Gasteiger partial charge in [0, 0.05) is 6.42 Å². The third-order valence-electron chi connectivity index (χ3n) is 3.29. The lowest BCUT2D eigenvalue weighted by Crippen LogP contribution is -2.16. The molecule has 0 amide bonds. The number of fused-ring (bicyclic) bond motifs is 1. The van der Waals surface area contributed by atoms with Gasteiger partial charge in [-0.2, -0.15) is 0 Å². The summed E-state index contributed by atoms with van der Waals surface area (Å²) in [6.07, 6.45) is -0.504. The van der Waals surface area contributed by atoms with E-state index in [0.29, 0.717) is 30.3 Å². The number of benzene rings is 1. The van der Waals surface area contributed by atoms with Crippen LogP contribution in [0.5, 0.6) is 11.5 Å². The van der Waals surface area contributed by atoms with Crippen LogP contribution in [-0.4, -0.2) is 31.4 Å². The number of ether oxygens (including phenoxy) is 3. The summed E-state index contributed by atoms with van der Waals surface area (Å²) < 4.78 is 15.8. The fourth-order valence-corrected chi connectivity index (χ4v) is 2.22. The van der Waals surface area contributed by atoms with E-state index in [1.165, 1.54) is 7.11 Å². The fourth-order valence-electron chi connectivity index (χ4n) is 2.22. The number of aliphatic hydroxyl groups is 1. The number of esters is 1. The van der Waals surface area contributed by atoms with E-state index in [2.05, 4.69) is 4.74 Å². The molecule has 110 valence electrons. The zero-order valence-corrected chi connectivity index (χ0v) is 12.0. The molecule has 1 heterocycles. The predicted molar refractivity (Wildman–Crippen MR) is 73.1 cm³/mol. The van der Waals surface area contributed by atoms with Crippen LogP contribution < -0.4 is 9.47 Å². The van der Waals surface area contributed by atoms with E-state index in [1.54, 1.807) is 6.07 Å². The molecule has 0 saturated heterocycles. The third kappa shape index (κ3) is 2.88. The number of carbonyl (C=O) groups is 1. The first-order valence-corrected chi connectivity index (χ1v) is 6.74. The van der Waals surface area contributed by atoms with Gasteiger partial charge in [-0.05, 0) is 29.2 Å². The quantitative estimate of drug-likeness (QED) is 0.860. The van der Waals surface area contributed by atoms with Crippen molar-refractivity contribution in [2.75, 3.05) is 20.3 Å². The van der Waals surface area contributed by atoms with Crippen LogP contribution in [0, 0.1) is 0 Å². The van der Waals surface area contributed by atoms with E-state index in [9.17, 15) is 9.90 Å². The summed E-state index contributed by atoms with van der Waals surface area (Å²) in [5, 5.41) is 10.1. The molecule has 0 saturated carbocycles. The smallest absolute Gasteiger partial charge is 0.339 e. The molecule has 0 aromatic heterocycles. The van der Waals surface area contributed by atoms with Gasteiger partial charge in [-0.25, -0.2) is 4.79 Å². The maximum Gasteiger partial charge on any atom is 0.339 e. The molecule has 5 nitrogen and oxygen atoms in total. The molecule has 0 aliphatic carbocycles. The van der Waals surface area contributed by atoms with Gasteiger partial charge < -0.3 is 19.3 Å². The van der Waals surface area contributed by atoms with Crippen LogP contribution in [0.4, 0.5) is 0 Å². The average Bonchev–Trinajstić information content (AvgIpc) is 2.68. The molecule has 1 aromatic carbocycles. The topological polar surface area (TPSA) is 65.0 Å². The van der Waals surface area contributed by atoms with E-state index in [1.807, 2.05) is 19.9 Å². The Labute approximate surface area is 118 Å². The van der Waals surface area contributed by atoms with Gasteiger partial charge in [-0.3, -0.25) is 0 Å². The van der Waals surface area contributed by atoms with Gasteiger partial charge in [0.1, 0.15) is 0 Å². The summed E-state index contributed by atoms with van der Waals surface area (Å²) in [5.74, 6) is 0.680. The molecule has 1 aliphatic heterocycles. The zero-order valence-electron chi connectivity index (χ0n) is 12.0. The van der Waals surface area contributed by atoms with Crippen LogP contribution in [0.3, 0.4) is 0 Å². The second kappa shape index (κ2) is 6.13. The van der Waals surface area contributed by atoms with Gasteiger partial charge in [0.2, 0.25) is 0 Å². The minimum Gasteiger partial charge on any atom is -0.490 e. The Kier molecular flexibility index (Phi) is 4.49. The van der Waals surface area contributed by atoms with Gasteiger partial charge in [0.05, 0.1) is 20.3 Å². The first-order valence-electron chi connectivity index (χ1n) is 6.74. The van der Waals surface area contributed by atoms with Crippen molar-refractivity contribution in [1.29, 1.82) is 0 Å². The van der Waals surface area contributed by atoms with Gasteiger partial charge in [-0.1, -0.05) is 13.8 Å². The number of hydrogen-bond donors (Lipinski definition) is 1. The third-order valence-corrected chi connectivity index (χ3v) is 3.29. The Morgan fingerprint density at radius 2 is 1.75 bits per heavy atom. The average molecular weight is 280 g/mol. The second-order valence-corrected chi connectivity index (χ2v) is 5.06. The Bertz CT molecular complexity index is 495. The predicted octanol–water partition coefficient (Wildman–Crippen LogP) is 2.18. The Hall–Kier alpha value is -1.75. The van der Waals surface area contributed by atoms with Crippen LogP contribution in [0.2, 0.25) is 0 Å². The normalized spacial score (nSPS) is 15.7. The van der Waals surface area contributed by atoms with Crippen LogP contribution in [0.15, 0.2) is 12.1 Å². The van der Waals surface area contributed by atoms with E-state index < -0.39 is 12.1 Å². The lowest BCUT2D eigenvalue weighted by Gasteiger charge is -2.19. The van der Waals surface area contributed by atoms with Crippen molar-refractivity contribution in [2.45, 2.75) is 32.3 Å². The van der Waals surface area contributed by atoms with E-state index in [-0.39, 0.29) is 5.92 Å². The molecule has 1 aromatic rings. The van der Waals surface area contributed by atoms with Gasteiger partial charge in [0.25, 0.3) is 0 Å². The molecule has 0 radical (unpaired) electrons. The molecule has 2 rings (SSSR count). The summed E-state index contributed by atoms with van der Waals surface area (Å²) >= 11 is 0. The molecule has 0 fully saturated rings. The highest BCUT2D eigenvalue weighted by Crippen LogP contribution is 2.38. The van der Waals surface area contributed by atoms with Crippen LogP contribution in [-0.2, 0) is 9.53 Å². The Morgan fingerprint density at radius 3 is 2.25 bits per heavy atom. The Morgan fingerprint density at radius 1 is 1.20 bits per heavy atom. The van der Waals surface area contributed by atoms with Crippen LogP contribution in [0.1, 0.15) is 43.4 Å². The lowest BCUT2D eigenvalue weighted by atomic mass is 9.93. The minimum absolute atomic E-state index is 0.140. The maximum atomic E-state index is 11.6. The highest BCUT2D eigenvalue weighted by Gasteiger charge is 2.25. The highest BCUT2D eigenvalue weighted by molar-refractivity contribution is 5.77. The molecule has 0 bridgehead atoms. The van der Waals surface area contributed by atoms with Crippen molar-refractivity contribution >= 4 is 5.97 Å². The van der Waals surface area contributed by atoms with E-state index in [4.69, 9.17) is 9.47 Å². The summed E-state index contributed by atoms with van der Waals surface area (Å²) in [4.78, 5) is 11.6. The molecule has 5 heteroatoms. The zero-order chi connectivity index (χ0) is 14.7. The number of hydrogen-bond acceptors (Lipinski definition) is 5. The summed E-state index contributed by atoms with van der Waals surface area (Å²) in [6, 6.07) is 3.52. The van der Waals surface area contributed by atoms with Crippen molar-refractivity contribution in [2.24, 2.45) is 0 Å². The highest BCUT2D eigenvalue weighted by atomic mass is 16.5. The lowest BCUT2D eigenvalue weighted by molar-refractivity contribution is -0.150. The molecule has 0 spiro atoms. The molecule has 1 N–H and O–H groups in total. The number of aliphatic hydroxyl groups excluding tert-OH is 1. The van der Waals surface area contributed by atoms with Crippen molar-refractivity contribution in [1.82, 2.24) is 0 Å². The molecule has 1 unspecified atom stereocenters. The first kappa shape index (κ1) is 14.7. The van der Waals surface area contributed by atoms with Crippen LogP contribution in [0.25, 0.3) is 0 Å². The minimum atomic E-state index is -1.31. The molecular formula is C15H20O5. The van der Waals surface area contributed by atoms with E-state index in [0.717, 1.165) is 12.0 Å². The monoisotopic (exact) mass is 280 g/mol. The van der Waals surface area contributed by atoms with Crippen molar-refractivity contribution in [3.8, 4) is 11.5 Å². The van der Waals surface area contributed by atoms with Crippen molar-refractivity contribution in [3.05, 3.63) is 23.3 Å². The maximum absolute atomic E-state index is 11.6. The molecule has 1 aliphatic rings. The van der Waals surface area contributed by atoms with Gasteiger partial charge in [0.15, 0.2) is 17.6 Å². The number of carbonyl (C=O) groups excluding carboxylic acids is 1. The van der Waals surface area contributed by atoms with Gasteiger partial charge >= 0.3 is 5.97 Å². The van der Waals surface area contributed by atoms with Crippen molar-refractivity contribution in [3.63, 3.8) is 0 Å². The second-order valence-electron chi connectivity index (χ2n) is 5.06. The largest absolute Gasteiger partial charge is 0.490 e. The summed E-state index contributed by atoms with van der Waals surface area (Å²) in [7, 11) is 1.25. The fraction of sp³-hybridized carbons (Fsp3) is 0.533. The molecule has 1 atom stereocenters. The summed E-state index contributed by atoms with van der Waals surface area (Å²) in [5.41, 5.74) is 1.36. The first-order chi connectivity index (χ1) is 9.54. The SMILES string of the molecule is COC(=O)C(O)c1cc2c(cc1C(C)C)OCCCO2. The Balaban J connectivity index is 2.48. The standard InChI is InChI=1S/C15H20O5/c1-9(2)10-7-12-13(20-6-4-5-19-12)8-11(10)14(16)15(17)18-3/h7-9,14,16H,4-6H2,1-3H3. The van der Waals surface area contributed by atoms with Gasteiger partial charge in [-0.15, -0.1) is 0 Å².